The predicted octanol–water partition coefficient (Wildman–Crippen LogP) is 1.95. The summed E-state index contributed by atoms with van der Waals surface area (Å²) in [6, 6.07) is 6.96. The van der Waals surface area contributed by atoms with Crippen molar-refractivity contribution in [3.63, 3.8) is 0 Å². The molecule has 2 amide bonds. The second-order valence-electron chi connectivity index (χ2n) is 4.67. The number of amides is 2. The van der Waals surface area contributed by atoms with E-state index < -0.39 is 16.7 Å². The average Bonchev–Trinajstić information content (AvgIpc) is 3.09. The first kappa shape index (κ1) is 17.0. The van der Waals surface area contributed by atoms with Gasteiger partial charge in [0, 0.05) is 25.1 Å². The molecule has 24 heavy (non-hydrogen) atoms. The lowest BCUT2D eigenvalue weighted by Gasteiger charge is -2.10. The number of nitrogens with one attached hydrogen (secondary N) is 2. The third-order valence-corrected chi connectivity index (χ3v) is 3.05. The molecule has 0 fully saturated rings. The van der Waals surface area contributed by atoms with E-state index in [1.165, 1.54) is 37.6 Å². The summed E-state index contributed by atoms with van der Waals surface area (Å²) >= 11 is 0. The van der Waals surface area contributed by atoms with Crippen LogP contribution >= 0.6 is 0 Å². The molecule has 2 aromatic rings. The van der Waals surface area contributed by atoms with E-state index in [1.807, 2.05) is 0 Å². The minimum Gasteiger partial charge on any atom is -0.495 e. The lowest BCUT2D eigenvalue weighted by Crippen LogP contribution is -2.27. The average molecular weight is 333 g/mol. The second-order valence-corrected chi connectivity index (χ2v) is 4.67. The Morgan fingerprint density at radius 1 is 1.33 bits per heavy atom. The Bertz CT molecular complexity index is 742. The summed E-state index contributed by atoms with van der Waals surface area (Å²) in [5.74, 6) is -0.404. The van der Waals surface area contributed by atoms with E-state index in [0.29, 0.717) is 5.75 Å². The van der Waals surface area contributed by atoms with E-state index >= 15 is 0 Å². The highest BCUT2D eigenvalue weighted by Crippen LogP contribution is 2.28. The second kappa shape index (κ2) is 7.77. The summed E-state index contributed by atoms with van der Waals surface area (Å²) in [6.45, 7) is 0.0859. The Morgan fingerprint density at radius 2 is 2.12 bits per heavy atom. The van der Waals surface area contributed by atoms with E-state index in [1.54, 1.807) is 6.07 Å². The molecule has 0 radical (unpaired) electrons. The van der Waals surface area contributed by atoms with Gasteiger partial charge in [-0.2, -0.15) is 0 Å². The number of furan rings is 1. The van der Waals surface area contributed by atoms with Crippen molar-refractivity contribution in [2.24, 2.45) is 0 Å². The first-order valence-corrected chi connectivity index (χ1v) is 6.95. The van der Waals surface area contributed by atoms with Gasteiger partial charge < -0.3 is 19.8 Å². The van der Waals surface area contributed by atoms with Gasteiger partial charge in [0.05, 0.1) is 24.0 Å². The zero-order valence-corrected chi connectivity index (χ0v) is 12.8. The number of nitro groups is 1. The molecule has 9 heteroatoms. The van der Waals surface area contributed by atoms with Crippen LogP contribution in [0.1, 0.15) is 17.0 Å². The molecule has 1 aromatic carbocycles. The summed E-state index contributed by atoms with van der Waals surface area (Å²) in [5, 5.41) is 15.8. The van der Waals surface area contributed by atoms with Crippen LogP contribution in [0.5, 0.6) is 5.75 Å². The van der Waals surface area contributed by atoms with Crippen LogP contribution < -0.4 is 15.4 Å². The molecular weight excluding hydrogens is 318 g/mol. The molecule has 0 aliphatic rings. The molecule has 0 aliphatic carbocycles. The van der Waals surface area contributed by atoms with Gasteiger partial charge in [-0.25, -0.2) is 0 Å². The molecule has 0 saturated heterocycles. The van der Waals surface area contributed by atoms with Gasteiger partial charge in [-0.3, -0.25) is 19.7 Å². The monoisotopic (exact) mass is 333 g/mol. The number of nitrogens with zero attached hydrogens (tertiary/aromatic N) is 1. The van der Waals surface area contributed by atoms with Gasteiger partial charge in [0.2, 0.25) is 5.91 Å². The highest BCUT2D eigenvalue weighted by atomic mass is 16.6. The van der Waals surface area contributed by atoms with Crippen LogP contribution in [-0.4, -0.2) is 30.4 Å². The molecule has 1 heterocycles. The largest absolute Gasteiger partial charge is 0.495 e. The Labute approximate surface area is 136 Å². The van der Waals surface area contributed by atoms with Crippen LogP contribution in [0.25, 0.3) is 0 Å². The highest BCUT2D eigenvalue weighted by molar-refractivity contribution is 5.94. The fourth-order valence-corrected chi connectivity index (χ4v) is 1.90. The fraction of sp³-hybridized carbons (Fsp3) is 0.200. The van der Waals surface area contributed by atoms with Crippen LogP contribution in [0.15, 0.2) is 41.0 Å². The zero-order chi connectivity index (χ0) is 17.5. The fourth-order valence-electron chi connectivity index (χ4n) is 1.90. The predicted molar refractivity (Wildman–Crippen MR) is 83.9 cm³/mol. The van der Waals surface area contributed by atoms with Crippen molar-refractivity contribution in [2.75, 3.05) is 19.0 Å². The Morgan fingerprint density at radius 3 is 2.75 bits per heavy atom. The maximum Gasteiger partial charge on any atom is 0.286 e. The van der Waals surface area contributed by atoms with Crippen molar-refractivity contribution in [1.82, 2.24) is 5.32 Å². The van der Waals surface area contributed by atoms with E-state index in [4.69, 9.17) is 9.15 Å². The molecule has 126 valence electrons. The molecular formula is C15H15N3O6. The quantitative estimate of drug-likeness (QED) is 0.589. The van der Waals surface area contributed by atoms with Gasteiger partial charge in [-0.05, 0) is 18.2 Å². The molecule has 9 nitrogen and oxygen atoms in total. The molecule has 1 aromatic heterocycles. The van der Waals surface area contributed by atoms with E-state index in [9.17, 15) is 19.7 Å². The number of carbonyl (C=O) groups excluding carboxylic acids is 2. The van der Waals surface area contributed by atoms with Gasteiger partial charge in [-0.15, -0.1) is 0 Å². The van der Waals surface area contributed by atoms with Crippen LogP contribution in [0.4, 0.5) is 11.4 Å². The number of nitro benzene ring substituents is 1. The number of anilines is 1. The lowest BCUT2D eigenvalue weighted by molar-refractivity contribution is -0.384. The first-order valence-electron chi connectivity index (χ1n) is 6.95. The smallest absolute Gasteiger partial charge is 0.286 e. The Kier molecular flexibility index (Phi) is 5.50. The van der Waals surface area contributed by atoms with Gasteiger partial charge >= 0.3 is 0 Å². The van der Waals surface area contributed by atoms with Gasteiger partial charge in [0.15, 0.2) is 5.76 Å². The summed E-state index contributed by atoms with van der Waals surface area (Å²) in [6.07, 6.45) is 1.36. The highest BCUT2D eigenvalue weighted by Gasteiger charge is 2.14. The van der Waals surface area contributed by atoms with Gasteiger partial charge in [0.25, 0.3) is 11.6 Å². The topological polar surface area (TPSA) is 124 Å². The molecule has 0 saturated carbocycles. The number of rotatable bonds is 7. The number of ether oxygens (including phenoxy) is 1. The molecule has 0 atom stereocenters. The minimum atomic E-state index is -0.571. The normalized spacial score (nSPS) is 10.0. The van der Waals surface area contributed by atoms with Gasteiger partial charge in [-0.1, -0.05) is 0 Å². The van der Waals surface area contributed by atoms with Crippen LogP contribution in [0.2, 0.25) is 0 Å². The zero-order valence-electron chi connectivity index (χ0n) is 12.8. The maximum atomic E-state index is 11.9. The van der Waals surface area contributed by atoms with Crippen molar-refractivity contribution in [3.8, 4) is 5.75 Å². The summed E-state index contributed by atoms with van der Waals surface area (Å²) in [7, 11) is 1.39. The van der Waals surface area contributed by atoms with Crippen molar-refractivity contribution >= 4 is 23.2 Å². The molecule has 2 rings (SSSR count). The van der Waals surface area contributed by atoms with Gasteiger partial charge in [0.1, 0.15) is 5.75 Å². The van der Waals surface area contributed by atoms with Crippen LogP contribution in [0, 0.1) is 10.1 Å². The number of methoxy groups -OCH3 is 1. The number of carbonyl (C=O) groups is 2. The maximum absolute atomic E-state index is 11.9. The molecule has 0 aliphatic heterocycles. The van der Waals surface area contributed by atoms with E-state index in [2.05, 4.69) is 10.6 Å². The lowest BCUT2D eigenvalue weighted by atomic mass is 10.2. The number of hydrogen-bond acceptors (Lipinski definition) is 6. The third kappa shape index (κ3) is 4.32. The number of non-ortho nitro benzene ring substituents is 1. The van der Waals surface area contributed by atoms with Crippen molar-refractivity contribution in [2.45, 2.75) is 6.42 Å². The summed E-state index contributed by atoms with van der Waals surface area (Å²) < 4.78 is 9.97. The third-order valence-electron chi connectivity index (χ3n) is 3.05. The molecule has 0 unspecified atom stereocenters. The first-order chi connectivity index (χ1) is 11.5. The standard InChI is InChI=1S/C15H15N3O6/c1-23-12-5-4-10(18(21)22)9-11(12)17-14(19)6-7-16-15(20)13-3-2-8-24-13/h2-5,8-9H,6-7H2,1H3,(H,16,20)(H,17,19). The van der Waals surface area contributed by atoms with Crippen molar-refractivity contribution < 1.29 is 23.7 Å². The number of hydrogen-bond donors (Lipinski definition) is 2. The van der Waals surface area contributed by atoms with Crippen molar-refractivity contribution in [1.29, 1.82) is 0 Å². The van der Waals surface area contributed by atoms with Crippen LogP contribution in [0.3, 0.4) is 0 Å². The molecule has 2 N–H and O–H groups in total. The molecule has 0 spiro atoms. The SMILES string of the molecule is COc1ccc([N+](=O)[O-])cc1NC(=O)CCNC(=O)c1ccco1. The van der Waals surface area contributed by atoms with Crippen molar-refractivity contribution in [3.05, 3.63) is 52.5 Å². The van der Waals surface area contributed by atoms with E-state index in [0.717, 1.165) is 0 Å². The number of benzene rings is 1. The summed E-state index contributed by atoms with van der Waals surface area (Å²) in [4.78, 5) is 33.8. The molecule has 0 bridgehead atoms. The van der Waals surface area contributed by atoms with Crippen LogP contribution in [-0.2, 0) is 4.79 Å². The Hall–Kier alpha value is -3.36. The minimum absolute atomic E-state index is 0.0156. The van der Waals surface area contributed by atoms with E-state index in [-0.39, 0.29) is 30.1 Å². The Balaban J connectivity index is 1.91. The summed E-state index contributed by atoms with van der Waals surface area (Å²) in [5.41, 5.74) is 0.0197.